The van der Waals surface area contributed by atoms with Crippen LogP contribution in [-0.2, 0) is 0 Å². The Kier molecular flexibility index (Phi) is 1.96. The fraction of sp³-hybridized carbons (Fsp3) is 0. The number of rotatable bonds is 1. The SMILES string of the molecule is NC(=O)c1nnccc1Br. The standard InChI is InChI=1S/C5H4BrN3O/c6-3-1-2-8-9-4(3)5(7)10/h1-2H,(H2,7,10). The van der Waals surface area contributed by atoms with Gasteiger partial charge in [0, 0.05) is 0 Å². The van der Waals surface area contributed by atoms with Gasteiger partial charge in [0.05, 0.1) is 10.7 Å². The minimum atomic E-state index is -0.583. The number of amides is 1. The van der Waals surface area contributed by atoms with E-state index in [-0.39, 0.29) is 5.69 Å². The molecule has 0 aliphatic heterocycles. The number of aromatic nitrogens is 2. The molecule has 52 valence electrons. The predicted molar refractivity (Wildman–Crippen MR) is 38.2 cm³/mol. The molecule has 1 rings (SSSR count). The minimum absolute atomic E-state index is 0.155. The molecule has 0 aromatic carbocycles. The number of nitrogens with zero attached hydrogens (tertiary/aromatic N) is 2. The van der Waals surface area contributed by atoms with Gasteiger partial charge in [-0.2, -0.15) is 5.10 Å². The number of hydrogen-bond donors (Lipinski definition) is 1. The highest BCUT2D eigenvalue weighted by Gasteiger charge is 2.05. The van der Waals surface area contributed by atoms with E-state index in [1.807, 2.05) is 0 Å². The molecule has 0 atom stereocenters. The molecule has 5 heteroatoms. The lowest BCUT2D eigenvalue weighted by atomic mass is 10.4. The molecule has 4 nitrogen and oxygen atoms in total. The molecule has 2 N–H and O–H groups in total. The Morgan fingerprint density at radius 1 is 1.70 bits per heavy atom. The van der Waals surface area contributed by atoms with Crippen molar-refractivity contribution in [2.75, 3.05) is 0 Å². The zero-order chi connectivity index (χ0) is 7.56. The molecule has 0 aliphatic carbocycles. The quantitative estimate of drug-likeness (QED) is 0.713. The number of hydrogen-bond acceptors (Lipinski definition) is 3. The minimum Gasteiger partial charge on any atom is -0.364 e. The molecule has 0 saturated heterocycles. The molecule has 0 fully saturated rings. The van der Waals surface area contributed by atoms with E-state index in [4.69, 9.17) is 5.73 Å². The molecular formula is C5H4BrN3O. The van der Waals surface area contributed by atoms with E-state index in [1.165, 1.54) is 6.20 Å². The molecule has 0 saturated carbocycles. The summed E-state index contributed by atoms with van der Waals surface area (Å²) in [5.41, 5.74) is 5.10. The third-order valence-electron chi connectivity index (χ3n) is 0.905. The Balaban J connectivity index is 3.15. The van der Waals surface area contributed by atoms with Gasteiger partial charge in [0.2, 0.25) is 0 Å². The van der Waals surface area contributed by atoms with E-state index in [0.29, 0.717) is 4.47 Å². The van der Waals surface area contributed by atoms with Crippen molar-refractivity contribution in [1.82, 2.24) is 10.2 Å². The van der Waals surface area contributed by atoms with Crippen LogP contribution in [0.5, 0.6) is 0 Å². The first-order valence-corrected chi connectivity index (χ1v) is 3.28. The largest absolute Gasteiger partial charge is 0.364 e. The van der Waals surface area contributed by atoms with Gasteiger partial charge in [-0.15, -0.1) is 5.10 Å². The fourth-order valence-electron chi connectivity index (χ4n) is 0.484. The van der Waals surface area contributed by atoms with Gasteiger partial charge >= 0.3 is 0 Å². The maximum Gasteiger partial charge on any atom is 0.270 e. The van der Waals surface area contributed by atoms with Gasteiger partial charge in [-0.3, -0.25) is 4.79 Å². The Morgan fingerprint density at radius 2 is 2.40 bits per heavy atom. The smallest absolute Gasteiger partial charge is 0.270 e. The van der Waals surface area contributed by atoms with E-state index in [1.54, 1.807) is 6.07 Å². The molecule has 1 aromatic rings. The molecule has 0 bridgehead atoms. The van der Waals surface area contributed by atoms with Gasteiger partial charge < -0.3 is 5.73 Å². The summed E-state index contributed by atoms with van der Waals surface area (Å²) in [6, 6.07) is 1.60. The maximum absolute atomic E-state index is 10.5. The Hall–Kier alpha value is -0.970. The highest BCUT2D eigenvalue weighted by atomic mass is 79.9. The zero-order valence-electron chi connectivity index (χ0n) is 4.91. The number of carbonyl (C=O) groups excluding carboxylic acids is 1. The maximum atomic E-state index is 10.5. The molecule has 0 radical (unpaired) electrons. The van der Waals surface area contributed by atoms with Crippen molar-refractivity contribution in [1.29, 1.82) is 0 Å². The average Bonchev–Trinajstić information content (AvgIpc) is 1.88. The number of halogens is 1. The molecule has 0 spiro atoms. The molecule has 1 aromatic heterocycles. The summed E-state index contributed by atoms with van der Waals surface area (Å²) in [4.78, 5) is 10.5. The molecule has 0 unspecified atom stereocenters. The molecule has 0 aliphatic rings. The third-order valence-corrected chi connectivity index (χ3v) is 1.54. The molecular weight excluding hydrogens is 198 g/mol. The lowest BCUT2D eigenvalue weighted by Gasteiger charge is -1.93. The van der Waals surface area contributed by atoms with Crippen LogP contribution in [0.4, 0.5) is 0 Å². The summed E-state index contributed by atoms with van der Waals surface area (Å²) >= 11 is 3.09. The average molecular weight is 202 g/mol. The van der Waals surface area contributed by atoms with Gasteiger partial charge in [0.25, 0.3) is 5.91 Å². The fourth-order valence-corrected chi connectivity index (χ4v) is 0.876. The summed E-state index contributed by atoms with van der Waals surface area (Å²) in [5, 5.41) is 6.99. The van der Waals surface area contributed by atoms with Gasteiger partial charge in [0.15, 0.2) is 5.69 Å². The molecule has 1 amide bonds. The third kappa shape index (κ3) is 1.30. The lowest BCUT2D eigenvalue weighted by Crippen LogP contribution is -2.14. The van der Waals surface area contributed by atoms with E-state index in [2.05, 4.69) is 26.1 Å². The number of primary amides is 1. The number of nitrogens with two attached hydrogens (primary N) is 1. The second kappa shape index (κ2) is 2.74. The molecule has 1 heterocycles. The van der Waals surface area contributed by atoms with Gasteiger partial charge in [-0.1, -0.05) is 0 Å². The topological polar surface area (TPSA) is 68.9 Å². The van der Waals surface area contributed by atoms with Crippen molar-refractivity contribution in [2.45, 2.75) is 0 Å². The highest BCUT2D eigenvalue weighted by molar-refractivity contribution is 9.10. The van der Waals surface area contributed by atoms with Crippen molar-refractivity contribution in [3.8, 4) is 0 Å². The van der Waals surface area contributed by atoms with E-state index in [9.17, 15) is 4.79 Å². The van der Waals surface area contributed by atoms with Crippen molar-refractivity contribution in [2.24, 2.45) is 5.73 Å². The van der Waals surface area contributed by atoms with Crippen molar-refractivity contribution >= 4 is 21.8 Å². The van der Waals surface area contributed by atoms with Crippen LogP contribution < -0.4 is 5.73 Å². The monoisotopic (exact) mass is 201 g/mol. The van der Waals surface area contributed by atoms with Crippen LogP contribution >= 0.6 is 15.9 Å². The van der Waals surface area contributed by atoms with Crippen LogP contribution in [0.15, 0.2) is 16.7 Å². The first-order chi connectivity index (χ1) is 4.72. The van der Waals surface area contributed by atoms with Crippen LogP contribution in [0.3, 0.4) is 0 Å². The lowest BCUT2D eigenvalue weighted by molar-refractivity contribution is 0.0994. The summed E-state index contributed by atoms with van der Waals surface area (Å²) < 4.78 is 0.565. The van der Waals surface area contributed by atoms with Crippen LogP contribution in [0.1, 0.15) is 10.5 Å². The first kappa shape index (κ1) is 7.14. The zero-order valence-corrected chi connectivity index (χ0v) is 6.50. The number of carbonyl (C=O) groups is 1. The van der Waals surface area contributed by atoms with Crippen LogP contribution in [0.2, 0.25) is 0 Å². The summed E-state index contributed by atoms with van der Waals surface area (Å²) in [5.74, 6) is -0.583. The van der Waals surface area contributed by atoms with Gasteiger partial charge in [-0.05, 0) is 22.0 Å². The van der Waals surface area contributed by atoms with Gasteiger partial charge in [-0.25, -0.2) is 0 Å². The Labute approximate surface area is 65.6 Å². The van der Waals surface area contributed by atoms with Gasteiger partial charge in [0.1, 0.15) is 0 Å². The Bertz CT molecular complexity index is 263. The van der Waals surface area contributed by atoms with Crippen molar-refractivity contribution in [3.63, 3.8) is 0 Å². The summed E-state index contributed by atoms with van der Waals surface area (Å²) in [7, 11) is 0. The van der Waals surface area contributed by atoms with Crippen LogP contribution in [-0.4, -0.2) is 16.1 Å². The van der Waals surface area contributed by atoms with Crippen molar-refractivity contribution < 1.29 is 4.79 Å². The van der Waals surface area contributed by atoms with Crippen LogP contribution in [0.25, 0.3) is 0 Å². The predicted octanol–water partition coefficient (Wildman–Crippen LogP) is 0.338. The summed E-state index contributed by atoms with van der Waals surface area (Å²) in [6.07, 6.45) is 1.47. The van der Waals surface area contributed by atoms with Crippen molar-refractivity contribution in [3.05, 3.63) is 22.4 Å². The van der Waals surface area contributed by atoms with E-state index < -0.39 is 5.91 Å². The first-order valence-electron chi connectivity index (χ1n) is 2.49. The Morgan fingerprint density at radius 3 is 2.80 bits per heavy atom. The van der Waals surface area contributed by atoms with E-state index >= 15 is 0 Å². The summed E-state index contributed by atoms with van der Waals surface area (Å²) in [6.45, 7) is 0. The second-order valence-corrected chi connectivity index (χ2v) is 2.45. The molecule has 10 heavy (non-hydrogen) atoms. The van der Waals surface area contributed by atoms with E-state index in [0.717, 1.165) is 0 Å². The normalized spacial score (nSPS) is 9.30. The van der Waals surface area contributed by atoms with Crippen LogP contribution in [0, 0.1) is 0 Å². The highest BCUT2D eigenvalue weighted by Crippen LogP contribution is 2.10. The second-order valence-electron chi connectivity index (χ2n) is 1.59.